The van der Waals surface area contributed by atoms with Crippen molar-refractivity contribution < 1.29 is 23.3 Å². The minimum Gasteiger partial charge on any atom is -0.0351 e. The average molecular weight is 718 g/mol. The number of halogens is 1. The van der Waals surface area contributed by atoms with E-state index >= 15 is 0 Å². The SMILES string of the molecule is COc1ccc(N(C)CCN(C)CC2CC(n3cc(-c4cccc(F)c4)nn3)C3O[CH]([Pb])OCC3O2)cc1. The van der Waals surface area contributed by atoms with Crippen molar-refractivity contribution in [3.05, 3.63) is 60.5 Å². The van der Waals surface area contributed by atoms with Crippen molar-refractivity contribution in [1.29, 1.82) is 0 Å². The number of ether oxygens (including phenoxy) is 4. The van der Waals surface area contributed by atoms with Crippen LogP contribution in [0.25, 0.3) is 11.3 Å². The third-order valence-electron chi connectivity index (χ3n) is 7.13. The molecule has 1 aromatic heterocycles. The fraction of sp³-hybridized carbons (Fsp3) is 0.481. The number of hydrogen-bond acceptors (Lipinski definition) is 8. The van der Waals surface area contributed by atoms with Gasteiger partial charge >= 0.3 is 197 Å². The smallest absolute Gasteiger partial charge is 0.0179 e. The number of rotatable bonds is 9. The summed E-state index contributed by atoms with van der Waals surface area (Å²) in [6.07, 6.45) is 2.25. The summed E-state index contributed by atoms with van der Waals surface area (Å²) in [5.74, 6) is 0.555. The first kappa shape index (κ1) is 27.4. The molecule has 0 N–H and O–H groups in total. The molecule has 0 amide bonds. The van der Waals surface area contributed by atoms with Crippen molar-refractivity contribution >= 4 is 31.5 Å². The molecule has 2 aliphatic heterocycles. The van der Waals surface area contributed by atoms with Gasteiger partial charge in [-0.25, -0.2) is 0 Å². The molecule has 0 aliphatic carbocycles. The third kappa shape index (κ3) is 6.53. The molecule has 5 unspecified atom stereocenters. The summed E-state index contributed by atoms with van der Waals surface area (Å²) in [7, 11) is 5.88. The summed E-state index contributed by atoms with van der Waals surface area (Å²) >= 11 is 0.772. The van der Waals surface area contributed by atoms with Crippen LogP contribution in [0.1, 0.15) is 12.5 Å². The van der Waals surface area contributed by atoms with Crippen LogP contribution in [-0.4, -0.2) is 115 Å². The molecule has 3 heterocycles. The second kappa shape index (κ2) is 12.4. The Labute approximate surface area is 238 Å². The van der Waals surface area contributed by atoms with E-state index in [0.29, 0.717) is 17.9 Å². The van der Waals surface area contributed by atoms with E-state index in [1.807, 2.05) is 29.1 Å². The molecule has 2 aliphatic rings. The molecule has 9 nitrogen and oxygen atoms in total. The third-order valence-corrected chi connectivity index (χ3v) is 8.30. The Morgan fingerprint density at radius 1 is 1.13 bits per heavy atom. The van der Waals surface area contributed by atoms with E-state index in [2.05, 4.69) is 46.3 Å². The van der Waals surface area contributed by atoms with Crippen molar-refractivity contribution in [2.24, 2.45) is 0 Å². The van der Waals surface area contributed by atoms with Crippen molar-refractivity contribution in [3.8, 4) is 17.0 Å². The van der Waals surface area contributed by atoms with E-state index < -0.39 is 0 Å². The van der Waals surface area contributed by atoms with Gasteiger partial charge in [-0.15, -0.1) is 0 Å². The largest absolute Gasteiger partial charge is 0.0351 e. The van der Waals surface area contributed by atoms with Crippen LogP contribution < -0.4 is 9.64 Å². The molecule has 3 aromatic rings. The molecule has 0 saturated carbocycles. The van der Waals surface area contributed by atoms with Crippen LogP contribution in [0.4, 0.5) is 10.1 Å². The number of likely N-dealkylation sites (N-methyl/N-ethyl adjacent to an activating group) is 2. The Morgan fingerprint density at radius 2 is 1.95 bits per heavy atom. The van der Waals surface area contributed by atoms with Gasteiger partial charge in [0.15, 0.2) is 0 Å². The number of methoxy groups -OCH3 is 1. The summed E-state index contributed by atoms with van der Waals surface area (Å²) in [5, 5.41) is 8.77. The van der Waals surface area contributed by atoms with Gasteiger partial charge in [-0.3, -0.25) is 0 Å². The standard InChI is InChI=1S/C27H33FN5O4.Pb/c1-31(11-12-32(2)21-7-9-22(34-3)10-8-21)15-23-14-25(27-26(37-23)17-35-18-36-27)33-16-24(29-30-33)19-5-4-6-20(28)13-19;/h4-10,13,16,18,23,25-27H,11-12,14-15,17H2,1-3H3;. The number of hydrogen-bond donors (Lipinski definition) is 0. The van der Waals surface area contributed by atoms with Gasteiger partial charge in [-0.05, 0) is 24.3 Å². The molecule has 2 fully saturated rings. The summed E-state index contributed by atoms with van der Waals surface area (Å²) in [4.78, 5) is 4.52. The number of aromatic nitrogens is 3. The van der Waals surface area contributed by atoms with Crippen molar-refractivity contribution in [2.45, 2.75) is 34.6 Å². The molecule has 201 valence electrons. The monoisotopic (exact) mass is 718 g/mol. The Hall–Kier alpha value is -2.13. The quantitative estimate of drug-likeness (QED) is 0.314. The molecule has 2 saturated heterocycles. The predicted molar refractivity (Wildman–Crippen MR) is 142 cm³/mol. The van der Waals surface area contributed by atoms with Gasteiger partial charge in [0.1, 0.15) is 5.75 Å². The maximum absolute atomic E-state index is 13.8. The maximum atomic E-state index is 13.8. The Morgan fingerprint density at radius 3 is 2.71 bits per heavy atom. The molecular weight excluding hydrogens is 685 g/mol. The van der Waals surface area contributed by atoms with Gasteiger partial charge in [0.25, 0.3) is 0 Å². The molecule has 11 heteroatoms. The van der Waals surface area contributed by atoms with Gasteiger partial charge in [-0.2, -0.15) is 0 Å². The zero-order valence-corrected chi connectivity index (χ0v) is 25.8. The van der Waals surface area contributed by atoms with E-state index in [9.17, 15) is 4.39 Å². The summed E-state index contributed by atoms with van der Waals surface area (Å²) < 4.78 is 39.2. The molecular formula is C27H33FN5O4Pb. The minimum atomic E-state index is -0.296. The van der Waals surface area contributed by atoms with Gasteiger partial charge in [0, 0.05) is 0 Å². The van der Waals surface area contributed by atoms with Crippen LogP contribution in [0, 0.1) is 5.82 Å². The fourth-order valence-corrected chi connectivity index (χ4v) is 6.01. The molecule has 3 radical (unpaired) electrons. The van der Waals surface area contributed by atoms with Gasteiger partial charge in [-0.1, -0.05) is 0 Å². The Kier molecular flexibility index (Phi) is 8.93. The van der Waals surface area contributed by atoms with Crippen LogP contribution in [0.5, 0.6) is 5.75 Å². The van der Waals surface area contributed by atoms with Gasteiger partial charge in [0.05, 0.1) is 7.11 Å². The van der Waals surface area contributed by atoms with Crippen LogP contribution in [0.2, 0.25) is 0 Å². The molecule has 0 bridgehead atoms. The minimum absolute atomic E-state index is 0.0165. The van der Waals surface area contributed by atoms with Crippen molar-refractivity contribution in [3.63, 3.8) is 0 Å². The van der Waals surface area contributed by atoms with Crippen LogP contribution in [-0.2, 0) is 14.2 Å². The molecule has 2 aromatic carbocycles. The van der Waals surface area contributed by atoms with E-state index in [0.717, 1.165) is 63.3 Å². The van der Waals surface area contributed by atoms with E-state index in [-0.39, 0.29) is 34.0 Å². The van der Waals surface area contributed by atoms with Gasteiger partial charge in [0.2, 0.25) is 0 Å². The van der Waals surface area contributed by atoms with Crippen LogP contribution >= 0.6 is 0 Å². The van der Waals surface area contributed by atoms with E-state index in [1.165, 1.54) is 12.1 Å². The van der Waals surface area contributed by atoms with Gasteiger partial charge < -0.3 is 4.74 Å². The average Bonchev–Trinajstić information content (AvgIpc) is 3.42. The van der Waals surface area contributed by atoms with E-state index in [4.69, 9.17) is 18.9 Å². The predicted octanol–water partition coefficient (Wildman–Crippen LogP) is 2.73. The van der Waals surface area contributed by atoms with Crippen molar-refractivity contribution in [1.82, 2.24) is 19.9 Å². The molecule has 0 spiro atoms. The summed E-state index contributed by atoms with van der Waals surface area (Å²) in [6.45, 7) is 3.02. The van der Waals surface area contributed by atoms with Crippen molar-refractivity contribution in [2.75, 3.05) is 52.3 Å². The summed E-state index contributed by atoms with van der Waals surface area (Å²) in [6, 6.07) is 14.4. The number of anilines is 1. The normalized spacial score (nSPS) is 25.3. The van der Waals surface area contributed by atoms with Crippen LogP contribution in [0.15, 0.2) is 54.7 Å². The second-order valence-corrected chi connectivity index (χ2v) is 11.7. The first-order valence-electron chi connectivity index (χ1n) is 12.7. The first-order chi connectivity index (χ1) is 18.4. The zero-order chi connectivity index (χ0) is 26.6. The summed E-state index contributed by atoms with van der Waals surface area (Å²) in [5.41, 5.74) is 2.48. The topological polar surface area (TPSA) is 74.1 Å². The van der Waals surface area contributed by atoms with E-state index in [1.54, 1.807) is 13.2 Å². The van der Waals surface area contributed by atoms with Crippen LogP contribution in [0.3, 0.4) is 0 Å². The maximum Gasteiger partial charge on any atom is -0.0179 e. The molecule has 5 rings (SSSR count). The number of nitrogens with zero attached hydrogens (tertiary/aromatic N) is 5. The Bertz CT molecular complexity index is 1200. The number of benzene rings is 2. The Balaban J connectivity index is 1.24. The first-order valence-corrected chi connectivity index (χ1v) is 15.0. The molecule has 38 heavy (non-hydrogen) atoms. The zero-order valence-electron chi connectivity index (χ0n) is 21.9. The number of fused-ring (bicyclic) bond motifs is 1. The molecule has 5 atom stereocenters. The fourth-order valence-electron chi connectivity index (χ4n) is 5.03. The second-order valence-electron chi connectivity index (χ2n) is 9.84.